The number of nitrogens with two attached hydrogens (primary N) is 1. The van der Waals surface area contributed by atoms with Crippen molar-refractivity contribution >= 4 is 5.96 Å². The van der Waals surface area contributed by atoms with Gasteiger partial charge < -0.3 is 15.4 Å². The molecule has 0 saturated carbocycles. The Hall–Kier alpha value is -1.71. The van der Waals surface area contributed by atoms with Crippen LogP contribution in [0.1, 0.15) is 32.4 Å². The molecule has 4 nitrogen and oxygen atoms in total. The Bertz CT molecular complexity index is 442. The SMILES string of the molecule is CCOc1ccccc1C1CN=C(N)N1C(C)C. The molecule has 1 aromatic rings. The normalized spacial score (nSPS) is 19.2. The lowest BCUT2D eigenvalue weighted by atomic mass is 10.0. The van der Waals surface area contributed by atoms with Crippen LogP contribution in [0.4, 0.5) is 0 Å². The molecular weight excluding hydrogens is 226 g/mol. The number of rotatable bonds is 4. The molecule has 18 heavy (non-hydrogen) atoms. The van der Waals surface area contributed by atoms with Crippen LogP contribution < -0.4 is 10.5 Å². The minimum absolute atomic E-state index is 0.188. The number of guanidine groups is 1. The molecule has 0 aliphatic carbocycles. The zero-order chi connectivity index (χ0) is 13.1. The van der Waals surface area contributed by atoms with Gasteiger partial charge in [0.05, 0.1) is 19.2 Å². The molecule has 1 aromatic carbocycles. The average Bonchev–Trinajstić information content (AvgIpc) is 2.72. The van der Waals surface area contributed by atoms with Crippen molar-refractivity contribution in [1.82, 2.24) is 4.90 Å². The predicted molar refractivity (Wildman–Crippen MR) is 73.8 cm³/mol. The van der Waals surface area contributed by atoms with E-state index in [1.807, 2.05) is 25.1 Å². The van der Waals surface area contributed by atoms with E-state index in [-0.39, 0.29) is 6.04 Å². The monoisotopic (exact) mass is 247 g/mol. The predicted octanol–water partition coefficient (Wildman–Crippen LogP) is 2.17. The Morgan fingerprint density at radius 3 is 2.83 bits per heavy atom. The van der Waals surface area contributed by atoms with Crippen molar-refractivity contribution in [2.75, 3.05) is 13.2 Å². The summed E-state index contributed by atoms with van der Waals surface area (Å²) in [4.78, 5) is 6.51. The number of hydrogen-bond donors (Lipinski definition) is 1. The molecule has 2 N–H and O–H groups in total. The molecule has 0 fully saturated rings. The van der Waals surface area contributed by atoms with Gasteiger partial charge in [0.25, 0.3) is 0 Å². The van der Waals surface area contributed by atoms with Gasteiger partial charge >= 0.3 is 0 Å². The lowest BCUT2D eigenvalue weighted by Crippen LogP contribution is -2.41. The second kappa shape index (κ2) is 5.29. The summed E-state index contributed by atoms with van der Waals surface area (Å²) in [6, 6.07) is 8.65. The summed E-state index contributed by atoms with van der Waals surface area (Å²) in [5.74, 6) is 1.56. The third-order valence-corrected chi connectivity index (χ3v) is 3.16. The first-order chi connectivity index (χ1) is 8.65. The third kappa shape index (κ3) is 2.28. The van der Waals surface area contributed by atoms with Gasteiger partial charge in [0.1, 0.15) is 5.75 Å². The first-order valence-corrected chi connectivity index (χ1v) is 6.45. The molecule has 0 amide bonds. The summed E-state index contributed by atoms with van der Waals surface area (Å²) >= 11 is 0. The van der Waals surface area contributed by atoms with E-state index < -0.39 is 0 Å². The van der Waals surface area contributed by atoms with Crippen molar-refractivity contribution in [3.63, 3.8) is 0 Å². The molecular formula is C14H21N3O. The largest absolute Gasteiger partial charge is 0.494 e. The number of hydrogen-bond acceptors (Lipinski definition) is 4. The lowest BCUT2D eigenvalue weighted by Gasteiger charge is -2.31. The summed E-state index contributed by atoms with van der Waals surface area (Å²) < 4.78 is 5.69. The van der Waals surface area contributed by atoms with Gasteiger partial charge in [-0.25, -0.2) is 0 Å². The summed E-state index contributed by atoms with van der Waals surface area (Å²) in [7, 11) is 0. The van der Waals surface area contributed by atoms with E-state index in [2.05, 4.69) is 29.8 Å². The van der Waals surface area contributed by atoms with Crippen LogP contribution in [0.15, 0.2) is 29.3 Å². The Kier molecular flexibility index (Phi) is 3.75. The van der Waals surface area contributed by atoms with Crippen LogP contribution in [0.3, 0.4) is 0 Å². The van der Waals surface area contributed by atoms with Gasteiger partial charge in [0.15, 0.2) is 5.96 Å². The molecule has 0 bridgehead atoms. The number of aliphatic imine (C=N–C) groups is 1. The van der Waals surface area contributed by atoms with E-state index in [0.29, 0.717) is 25.2 Å². The number of nitrogens with zero attached hydrogens (tertiary/aromatic N) is 2. The van der Waals surface area contributed by atoms with Gasteiger partial charge in [-0.15, -0.1) is 0 Å². The molecule has 0 saturated heterocycles. The van der Waals surface area contributed by atoms with E-state index in [1.165, 1.54) is 0 Å². The number of ether oxygens (including phenoxy) is 1. The van der Waals surface area contributed by atoms with Crippen molar-refractivity contribution in [3.8, 4) is 5.75 Å². The highest BCUT2D eigenvalue weighted by molar-refractivity contribution is 5.80. The average molecular weight is 247 g/mol. The molecule has 1 aliphatic rings. The first kappa shape index (κ1) is 12.7. The molecule has 1 aliphatic heterocycles. The van der Waals surface area contributed by atoms with Crippen LogP contribution in [0.25, 0.3) is 0 Å². The van der Waals surface area contributed by atoms with Crippen LogP contribution in [0.5, 0.6) is 5.75 Å². The van der Waals surface area contributed by atoms with Crippen LogP contribution in [-0.2, 0) is 0 Å². The van der Waals surface area contributed by atoms with Gasteiger partial charge in [-0.2, -0.15) is 0 Å². The highest BCUT2D eigenvalue weighted by Gasteiger charge is 2.31. The fourth-order valence-corrected chi connectivity index (χ4v) is 2.42. The van der Waals surface area contributed by atoms with Gasteiger partial charge in [-0.05, 0) is 26.8 Å². The zero-order valence-corrected chi connectivity index (χ0v) is 11.3. The van der Waals surface area contributed by atoms with E-state index in [0.717, 1.165) is 11.3 Å². The fraction of sp³-hybridized carbons (Fsp3) is 0.500. The second-order valence-corrected chi connectivity index (χ2v) is 4.69. The molecule has 98 valence electrons. The summed E-state index contributed by atoms with van der Waals surface area (Å²) in [5.41, 5.74) is 7.13. The van der Waals surface area contributed by atoms with E-state index in [1.54, 1.807) is 0 Å². The highest BCUT2D eigenvalue weighted by Crippen LogP contribution is 2.33. The number of benzene rings is 1. The van der Waals surface area contributed by atoms with E-state index >= 15 is 0 Å². The maximum absolute atomic E-state index is 5.97. The summed E-state index contributed by atoms with van der Waals surface area (Å²) in [6.07, 6.45) is 0. The van der Waals surface area contributed by atoms with Gasteiger partial charge in [0.2, 0.25) is 0 Å². The van der Waals surface area contributed by atoms with Crippen molar-refractivity contribution in [3.05, 3.63) is 29.8 Å². The van der Waals surface area contributed by atoms with E-state index in [4.69, 9.17) is 10.5 Å². The van der Waals surface area contributed by atoms with Gasteiger partial charge in [0, 0.05) is 11.6 Å². The quantitative estimate of drug-likeness (QED) is 0.887. The van der Waals surface area contributed by atoms with Crippen LogP contribution in [0, 0.1) is 0 Å². The molecule has 0 aromatic heterocycles. The fourth-order valence-electron chi connectivity index (χ4n) is 2.42. The smallest absolute Gasteiger partial charge is 0.192 e. The standard InChI is InChI=1S/C14H21N3O/c1-4-18-13-8-6-5-7-11(13)12-9-16-14(15)17(12)10(2)3/h5-8,10,12H,4,9H2,1-3H3,(H2,15,16). The third-order valence-electron chi connectivity index (χ3n) is 3.16. The Labute approximate surface area is 108 Å². The molecule has 0 spiro atoms. The second-order valence-electron chi connectivity index (χ2n) is 4.69. The maximum atomic E-state index is 5.97. The minimum Gasteiger partial charge on any atom is -0.494 e. The molecule has 1 unspecified atom stereocenters. The summed E-state index contributed by atoms with van der Waals surface area (Å²) in [6.45, 7) is 7.63. The molecule has 4 heteroatoms. The van der Waals surface area contributed by atoms with E-state index in [9.17, 15) is 0 Å². The number of para-hydroxylation sites is 1. The minimum atomic E-state index is 0.188. The highest BCUT2D eigenvalue weighted by atomic mass is 16.5. The maximum Gasteiger partial charge on any atom is 0.192 e. The molecule has 1 atom stereocenters. The lowest BCUT2D eigenvalue weighted by molar-refractivity contribution is 0.274. The Balaban J connectivity index is 2.32. The van der Waals surface area contributed by atoms with Gasteiger partial charge in [-0.1, -0.05) is 18.2 Å². The van der Waals surface area contributed by atoms with Crippen LogP contribution in [-0.4, -0.2) is 30.1 Å². The van der Waals surface area contributed by atoms with Crippen molar-refractivity contribution in [1.29, 1.82) is 0 Å². The van der Waals surface area contributed by atoms with Crippen molar-refractivity contribution in [2.24, 2.45) is 10.7 Å². The zero-order valence-electron chi connectivity index (χ0n) is 11.3. The molecule has 0 radical (unpaired) electrons. The van der Waals surface area contributed by atoms with Gasteiger partial charge in [-0.3, -0.25) is 4.99 Å². The van der Waals surface area contributed by atoms with Crippen molar-refractivity contribution in [2.45, 2.75) is 32.9 Å². The molecule has 2 rings (SSSR count). The van der Waals surface area contributed by atoms with Crippen LogP contribution >= 0.6 is 0 Å². The summed E-state index contributed by atoms with van der Waals surface area (Å²) in [5, 5.41) is 0. The van der Waals surface area contributed by atoms with Crippen molar-refractivity contribution < 1.29 is 4.74 Å². The molecule has 1 heterocycles. The topological polar surface area (TPSA) is 50.9 Å². The Morgan fingerprint density at radius 2 is 2.17 bits per heavy atom. The van der Waals surface area contributed by atoms with Crippen LogP contribution in [0.2, 0.25) is 0 Å². The first-order valence-electron chi connectivity index (χ1n) is 6.45. The Morgan fingerprint density at radius 1 is 1.44 bits per heavy atom.